The standard InChI is InChI=1S/C14H26N2O4S/c1-3-20-14(18)10-16(8-9-19-2)13(17)11-21-12-4-6-15-7-5-12/h12,15H,3-11H2,1-2H3. The van der Waals surface area contributed by atoms with Gasteiger partial charge in [-0.2, -0.15) is 0 Å². The van der Waals surface area contributed by atoms with Crippen molar-refractivity contribution >= 4 is 23.6 Å². The Hall–Kier alpha value is -0.790. The summed E-state index contributed by atoms with van der Waals surface area (Å²) in [7, 11) is 1.58. The Morgan fingerprint density at radius 2 is 2.05 bits per heavy atom. The number of hydrogen-bond donors (Lipinski definition) is 1. The van der Waals surface area contributed by atoms with Gasteiger partial charge in [0.15, 0.2) is 0 Å². The monoisotopic (exact) mass is 318 g/mol. The van der Waals surface area contributed by atoms with Crippen LogP contribution in [0.5, 0.6) is 0 Å². The molecule has 0 saturated carbocycles. The number of thioether (sulfide) groups is 1. The van der Waals surface area contributed by atoms with Crippen LogP contribution in [0.2, 0.25) is 0 Å². The summed E-state index contributed by atoms with van der Waals surface area (Å²) in [6.45, 7) is 4.96. The summed E-state index contributed by atoms with van der Waals surface area (Å²) in [6, 6.07) is 0. The molecule has 6 nitrogen and oxygen atoms in total. The van der Waals surface area contributed by atoms with Crippen LogP contribution in [0.4, 0.5) is 0 Å². The van der Waals surface area contributed by atoms with E-state index in [0.29, 0.717) is 30.8 Å². The number of carbonyl (C=O) groups is 2. The van der Waals surface area contributed by atoms with Crippen LogP contribution in [0, 0.1) is 0 Å². The summed E-state index contributed by atoms with van der Waals surface area (Å²) < 4.78 is 9.91. The van der Waals surface area contributed by atoms with E-state index in [1.54, 1.807) is 25.8 Å². The lowest BCUT2D eigenvalue weighted by Gasteiger charge is -2.24. The summed E-state index contributed by atoms with van der Waals surface area (Å²) in [6.07, 6.45) is 2.18. The van der Waals surface area contributed by atoms with Crippen LogP contribution in [-0.4, -0.2) is 74.3 Å². The van der Waals surface area contributed by atoms with E-state index in [2.05, 4.69) is 5.32 Å². The van der Waals surface area contributed by atoms with Crippen LogP contribution < -0.4 is 5.32 Å². The summed E-state index contributed by atoms with van der Waals surface area (Å²) in [5.74, 6) is 0.0193. The molecule has 0 atom stereocenters. The molecule has 0 aromatic heterocycles. The van der Waals surface area contributed by atoms with Crippen LogP contribution in [0.3, 0.4) is 0 Å². The first-order valence-electron chi connectivity index (χ1n) is 7.42. The van der Waals surface area contributed by atoms with Gasteiger partial charge in [-0.3, -0.25) is 9.59 Å². The zero-order chi connectivity index (χ0) is 15.5. The maximum Gasteiger partial charge on any atom is 0.325 e. The van der Waals surface area contributed by atoms with Crippen LogP contribution in [0.15, 0.2) is 0 Å². The van der Waals surface area contributed by atoms with Crippen LogP contribution >= 0.6 is 11.8 Å². The average molecular weight is 318 g/mol. The fraction of sp³-hybridized carbons (Fsp3) is 0.857. The Bertz CT molecular complexity index is 322. The number of amides is 1. The molecule has 0 spiro atoms. The summed E-state index contributed by atoms with van der Waals surface area (Å²) in [5.41, 5.74) is 0. The van der Waals surface area contributed by atoms with Crippen molar-refractivity contribution in [3.63, 3.8) is 0 Å². The topological polar surface area (TPSA) is 67.9 Å². The lowest BCUT2D eigenvalue weighted by atomic mass is 10.2. The van der Waals surface area contributed by atoms with Gasteiger partial charge in [0.1, 0.15) is 6.54 Å². The van der Waals surface area contributed by atoms with Gasteiger partial charge in [0.25, 0.3) is 0 Å². The third-order valence-corrected chi connectivity index (χ3v) is 4.63. The van der Waals surface area contributed by atoms with E-state index in [9.17, 15) is 9.59 Å². The number of nitrogens with one attached hydrogen (secondary N) is 1. The molecule has 1 amide bonds. The molecule has 7 heteroatoms. The third kappa shape index (κ3) is 7.68. The largest absolute Gasteiger partial charge is 0.465 e. The number of methoxy groups -OCH3 is 1. The Labute approximate surface area is 130 Å². The molecule has 122 valence electrons. The number of nitrogens with zero attached hydrogens (tertiary/aromatic N) is 1. The molecule has 1 fully saturated rings. The predicted molar refractivity (Wildman–Crippen MR) is 83.4 cm³/mol. The smallest absolute Gasteiger partial charge is 0.325 e. The van der Waals surface area contributed by atoms with E-state index in [4.69, 9.17) is 9.47 Å². The molecule has 1 rings (SSSR count). The molecule has 0 aromatic carbocycles. The van der Waals surface area contributed by atoms with Gasteiger partial charge in [-0.1, -0.05) is 0 Å². The zero-order valence-corrected chi connectivity index (χ0v) is 13.7. The fourth-order valence-electron chi connectivity index (χ4n) is 2.10. The van der Waals surface area contributed by atoms with Gasteiger partial charge < -0.3 is 19.7 Å². The summed E-state index contributed by atoms with van der Waals surface area (Å²) in [5, 5.41) is 3.84. The molecule has 0 aromatic rings. The number of piperidine rings is 1. The second-order valence-electron chi connectivity index (χ2n) is 4.87. The summed E-state index contributed by atoms with van der Waals surface area (Å²) >= 11 is 1.68. The van der Waals surface area contributed by atoms with Gasteiger partial charge in [-0.05, 0) is 32.9 Å². The van der Waals surface area contributed by atoms with Crippen LogP contribution in [0.1, 0.15) is 19.8 Å². The van der Waals surface area contributed by atoms with E-state index >= 15 is 0 Å². The molecule has 0 radical (unpaired) electrons. The molecular weight excluding hydrogens is 292 g/mol. The molecule has 1 heterocycles. The molecule has 1 aliphatic rings. The van der Waals surface area contributed by atoms with Crippen molar-refractivity contribution in [2.75, 3.05) is 52.3 Å². The lowest BCUT2D eigenvalue weighted by molar-refractivity contribution is -0.148. The van der Waals surface area contributed by atoms with Crippen molar-refractivity contribution in [1.82, 2.24) is 10.2 Å². The Morgan fingerprint density at radius 1 is 1.33 bits per heavy atom. The van der Waals surface area contributed by atoms with E-state index < -0.39 is 0 Å². The highest BCUT2D eigenvalue weighted by Crippen LogP contribution is 2.20. The first kappa shape index (κ1) is 18.3. The van der Waals surface area contributed by atoms with Gasteiger partial charge in [0.05, 0.1) is 19.0 Å². The maximum atomic E-state index is 12.3. The quantitative estimate of drug-likeness (QED) is 0.625. The van der Waals surface area contributed by atoms with Gasteiger partial charge in [0, 0.05) is 18.9 Å². The van der Waals surface area contributed by atoms with E-state index in [1.165, 1.54) is 4.90 Å². The highest BCUT2D eigenvalue weighted by molar-refractivity contribution is 8.00. The molecule has 0 aliphatic carbocycles. The van der Waals surface area contributed by atoms with Gasteiger partial charge in [0.2, 0.25) is 5.91 Å². The highest BCUT2D eigenvalue weighted by atomic mass is 32.2. The van der Waals surface area contributed by atoms with Crippen molar-refractivity contribution < 1.29 is 19.1 Å². The molecule has 21 heavy (non-hydrogen) atoms. The number of ether oxygens (including phenoxy) is 2. The van der Waals surface area contributed by atoms with Crippen molar-refractivity contribution in [2.45, 2.75) is 25.0 Å². The second-order valence-corrected chi connectivity index (χ2v) is 6.16. The third-order valence-electron chi connectivity index (χ3n) is 3.27. The number of esters is 1. The van der Waals surface area contributed by atoms with Crippen LogP contribution in [0.25, 0.3) is 0 Å². The molecule has 0 unspecified atom stereocenters. The average Bonchev–Trinajstić information content (AvgIpc) is 2.50. The Morgan fingerprint density at radius 3 is 2.67 bits per heavy atom. The fourth-order valence-corrected chi connectivity index (χ4v) is 3.23. The number of carbonyl (C=O) groups excluding carboxylic acids is 2. The van der Waals surface area contributed by atoms with Crippen molar-refractivity contribution in [1.29, 1.82) is 0 Å². The van der Waals surface area contributed by atoms with Gasteiger partial charge in [-0.15, -0.1) is 11.8 Å². The normalized spacial score (nSPS) is 15.7. The summed E-state index contributed by atoms with van der Waals surface area (Å²) in [4.78, 5) is 25.3. The Balaban J connectivity index is 2.39. The zero-order valence-electron chi connectivity index (χ0n) is 12.9. The van der Waals surface area contributed by atoms with E-state index in [1.807, 2.05) is 0 Å². The minimum Gasteiger partial charge on any atom is -0.465 e. The first-order valence-corrected chi connectivity index (χ1v) is 8.46. The van der Waals surface area contributed by atoms with Crippen molar-refractivity contribution in [3.05, 3.63) is 0 Å². The van der Waals surface area contributed by atoms with Crippen molar-refractivity contribution in [3.8, 4) is 0 Å². The number of hydrogen-bond acceptors (Lipinski definition) is 6. The SMILES string of the molecule is CCOC(=O)CN(CCOC)C(=O)CSC1CCNCC1. The molecule has 1 aliphatic heterocycles. The van der Waals surface area contributed by atoms with E-state index in [-0.39, 0.29) is 18.4 Å². The first-order chi connectivity index (χ1) is 10.2. The van der Waals surface area contributed by atoms with Crippen LogP contribution in [-0.2, 0) is 19.1 Å². The van der Waals surface area contributed by atoms with Gasteiger partial charge >= 0.3 is 5.97 Å². The molecule has 1 saturated heterocycles. The molecular formula is C14H26N2O4S. The lowest BCUT2D eigenvalue weighted by Crippen LogP contribution is -2.40. The highest BCUT2D eigenvalue weighted by Gasteiger charge is 2.20. The Kier molecular flexibility index (Phi) is 9.45. The minimum absolute atomic E-state index is 0.00279. The minimum atomic E-state index is -0.367. The maximum absolute atomic E-state index is 12.3. The van der Waals surface area contributed by atoms with E-state index in [0.717, 1.165) is 25.9 Å². The van der Waals surface area contributed by atoms with Crippen molar-refractivity contribution in [2.24, 2.45) is 0 Å². The number of rotatable bonds is 9. The second kappa shape index (κ2) is 10.9. The predicted octanol–water partition coefficient (Wildman–Crippen LogP) is 0.510. The van der Waals surface area contributed by atoms with Gasteiger partial charge in [-0.25, -0.2) is 0 Å². The molecule has 0 bridgehead atoms. The molecule has 1 N–H and O–H groups in total.